The lowest BCUT2D eigenvalue weighted by atomic mass is 9.60. The van der Waals surface area contributed by atoms with Crippen LogP contribution in [0.15, 0.2) is 36.5 Å². The van der Waals surface area contributed by atoms with Gasteiger partial charge in [0.05, 0.1) is 5.52 Å². The summed E-state index contributed by atoms with van der Waals surface area (Å²) in [5, 5.41) is 4.62. The molecule has 0 saturated heterocycles. The van der Waals surface area contributed by atoms with Crippen LogP contribution in [0, 0.1) is 5.41 Å². The smallest absolute Gasteiger partial charge is 0.129 e. The van der Waals surface area contributed by atoms with Crippen molar-refractivity contribution in [2.75, 3.05) is 7.05 Å². The fraction of sp³-hybridized carbons (Fsp3) is 0.500. The van der Waals surface area contributed by atoms with E-state index in [1.807, 2.05) is 24.4 Å². The van der Waals surface area contributed by atoms with Crippen molar-refractivity contribution in [3.05, 3.63) is 36.5 Å². The van der Waals surface area contributed by atoms with Gasteiger partial charge in [0.25, 0.3) is 0 Å². The van der Waals surface area contributed by atoms with E-state index in [-0.39, 0.29) is 0 Å². The van der Waals surface area contributed by atoms with Crippen LogP contribution in [0.25, 0.3) is 10.9 Å². The van der Waals surface area contributed by atoms with Gasteiger partial charge in [-0.25, -0.2) is 0 Å². The van der Waals surface area contributed by atoms with Gasteiger partial charge in [0, 0.05) is 29.5 Å². The average Bonchev–Trinajstić information content (AvgIpc) is 3.04. The van der Waals surface area contributed by atoms with E-state index in [0.717, 1.165) is 23.1 Å². The summed E-state index contributed by atoms with van der Waals surface area (Å²) in [6.45, 7) is 0. The molecule has 0 bridgehead atoms. The molecule has 0 amide bonds. The molecule has 2 saturated carbocycles. The maximum absolute atomic E-state index is 6.45. The third-order valence-corrected chi connectivity index (χ3v) is 5.54. The van der Waals surface area contributed by atoms with Gasteiger partial charge in [0.1, 0.15) is 11.9 Å². The number of hydrogen-bond donors (Lipinski definition) is 1. The van der Waals surface area contributed by atoms with Crippen LogP contribution in [0.4, 0.5) is 0 Å². The number of aromatic nitrogens is 1. The molecular formula is C18H22N2O. The Morgan fingerprint density at radius 2 is 2.05 bits per heavy atom. The van der Waals surface area contributed by atoms with Gasteiger partial charge >= 0.3 is 0 Å². The van der Waals surface area contributed by atoms with E-state index in [2.05, 4.69) is 29.5 Å². The van der Waals surface area contributed by atoms with E-state index in [0.29, 0.717) is 17.6 Å². The van der Waals surface area contributed by atoms with Crippen molar-refractivity contribution in [3.63, 3.8) is 0 Å². The van der Waals surface area contributed by atoms with Crippen LogP contribution < -0.4 is 10.1 Å². The number of pyridine rings is 1. The fourth-order valence-corrected chi connectivity index (χ4v) is 4.35. The third kappa shape index (κ3) is 1.95. The van der Waals surface area contributed by atoms with E-state index < -0.39 is 0 Å². The number of fused-ring (bicyclic) bond motifs is 1. The molecule has 2 aliphatic carbocycles. The van der Waals surface area contributed by atoms with Crippen LogP contribution in [0.5, 0.6) is 5.75 Å². The third-order valence-electron chi connectivity index (χ3n) is 5.54. The van der Waals surface area contributed by atoms with Crippen LogP contribution in [-0.2, 0) is 0 Å². The summed E-state index contributed by atoms with van der Waals surface area (Å²) in [5.74, 6) is 0.992. The van der Waals surface area contributed by atoms with Gasteiger partial charge in [0.15, 0.2) is 0 Å². The summed E-state index contributed by atoms with van der Waals surface area (Å²) in [4.78, 5) is 4.42. The van der Waals surface area contributed by atoms with E-state index in [1.165, 1.54) is 25.7 Å². The quantitative estimate of drug-likeness (QED) is 0.935. The topological polar surface area (TPSA) is 34.1 Å². The fourth-order valence-electron chi connectivity index (χ4n) is 4.35. The Kier molecular flexibility index (Phi) is 3.11. The minimum atomic E-state index is 0.350. The van der Waals surface area contributed by atoms with Gasteiger partial charge < -0.3 is 10.1 Å². The maximum Gasteiger partial charge on any atom is 0.129 e. The molecule has 0 radical (unpaired) electrons. The lowest BCUT2D eigenvalue weighted by Gasteiger charge is -2.53. The molecule has 3 heteroatoms. The van der Waals surface area contributed by atoms with Crippen molar-refractivity contribution in [1.82, 2.24) is 10.3 Å². The maximum atomic E-state index is 6.45. The predicted molar refractivity (Wildman–Crippen MR) is 84.5 cm³/mol. The number of rotatable bonds is 3. The highest BCUT2D eigenvalue weighted by molar-refractivity contribution is 5.84. The molecule has 2 aromatic rings. The highest BCUT2D eigenvalue weighted by Gasteiger charge is 2.57. The van der Waals surface area contributed by atoms with E-state index in [4.69, 9.17) is 4.74 Å². The summed E-state index contributed by atoms with van der Waals surface area (Å²) < 4.78 is 6.45. The van der Waals surface area contributed by atoms with Gasteiger partial charge in [-0.05, 0) is 44.2 Å². The van der Waals surface area contributed by atoms with Crippen LogP contribution in [0.1, 0.15) is 32.1 Å². The SMILES string of the molecule is CNC1CC(Oc2cccc3ncccc23)C12CCCC2. The van der Waals surface area contributed by atoms with Gasteiger partial charge in [-0.3, -0.25) is 4.98 Å². The zero-order chi connectivity index (χ0) is 14.3. The van der Waals surface area contributed by atoms with Crippen molar-refractivity contribution in [2.45, 2.75) is 44.2 Å². The predicted octanol–water partition coefficient (Wildman–Crippen LogP) is 3.53. The van der Waals surface area contributed by atoms with Gasteiger partial charge in [-0.15, -0.1) is 0 Å². The molecule has 1 spiro atoms. The Morgan fingerprint density at radius 3 is 2.86 bits per heavy atom. The molecule has 1 aromatic heterocycles. The minimum Gasteiger partial charge on any atom is -0.489 e. The Balaban J connectivity index is 1.63. The Labute approximate surface area is 125 Å². The summed E-state index contributed by atoms with van der Waals surface area (Å²) in [6.07, 6.45) is 8.59. The second-order valence-electron chi connectivity index (χ2n) is 6.45. The van der Waals surface area contributed by atoms with Gasteiger partial charge in [-0.1, -0.05) is 18.9 Å². The molecule has 2 aliphatic rings. The minimum absolute atomic E-state index is 0.350. The normalized spacial score (nSPS) is 26.9. The van der Waals surface area contributed by atoms with E-state index in [9.17, 15) is 0 Å². The molecule has 0 aliphatic heterocycles. The van der Waals surface area contributed by atoms with Crippen LogP contribution >= 0.6 is 0 Å². The molecule has 3 nitrogen and oxygen atoms in total. The first-order chi connectivity index (χ1) is 10.3. The molecule has 21 heavy (non-hydrogen) atoms. The summed E-state index contributed by atoms with van der Waals surface area (Å²) in [6, 6.07) is 10.9. The molecule has 110 valence electrons. The van der Waals surface area contributed by atoms with Crippen molar-refractivity contribution in [1.29, 1.82) is 0 Å². The van der Waals surface area contributed by atoms with Crippen molar-refractivity contribution in [3.8, 4) is 5.75 Å². The highest BCUT2D eigenvalue weighted by Crippen LogP contribution is 2.54. The largest absolute Gasteiger partial charge is 0.489 e. The summed E-state index contributed by atoms with van der Waals surface area (Å²) >= 11 is 0. The van der Waals surface area contributed by atoms with Crippen LogP contribution in [0.3, 0.4) is 0 Å². The van der Waals surface area contributed by atoms with Crippen molar-refractivity contribution < 1.29 is 4.74 Å². The van der Waals surface area contributed by atoms with Gasteiger partial charge in [0.2, 0.25) is 0 Å². The zero-order valence-electron chi connectivity index (χ0n) is 12.5. The summed E-state index contributed by atoms with van der Waals surface area (Å²) in [7, 11) is 2.09. The Bertz CT molecular complexity index is 643. The standard InChI is InChI=1S/C18H22N2O/c1-19-16-12-17(18(16)9-2-3-10-18)21-15-8-4-7-14-13(15)6-5-11-20-14/h4-8,11,16-17,19H,2-3,9-10,12H2,1H3. The Hall–Kier alpha value is -1.61. The molecule has 1 aromatic carbocycles. The molecular weight excluding hydrogens is 260 g/mol. The number of nitrogens with one attached hydrogen (secondary N) is 1. The first-order valence-electron chi connectivity index (χ1n) is 8.01. The van der Waals surface area contributed by atoms with Crippen molar-refractivity contribution in [2.24, 2.45) is 5.41 Å². The number of nitrogens with zero attached hydrogens (tertiary/aromatic N) is 1. The first-order valence-corrected chi connectivity index (χ1v) is 8.01. The molecule has 4 rings (SSSR count). The lowest BCUT2D eigenvalue weighted by Crippen LogP contribution is -2.63. The van der Waals surface area contributed by atoms with E-state index in [1.54, 1.807) is 0 Å². The number of hydrogen-bond acceptors (Lipinski definition) is 3. The number of benzene rings is 1. The van der Waals surface area contributed by atoms with Gasteiger partial charge in [-0.2, -0.15) is 0 Å². The average molecular weight is 282 g/mol. The molecule has 2 atom stereocenters. The summed E-state index contributed by atoms with van der Waals surface area (Å²) in [5.41, 5.74) is 1.37. The molecule has 2 fully saturated rings. The molecule has 1 heterocycles. The molecule has 1 N–H and O–H groups in total. The Morgan fingerprint density at radius 1 is 1.19 bits per heavy atom. The van der Waals surface area contributed by atoms with Crippen LogP contribution in [0.2, 0.25) is 0 Å². The zero-order valence-corrected chi connectivity index (χ0v) is 12.5. The second kappa shape index (κ2) is 4.99. The first kappa shape index (κ1) is 13.1. The van der Waals surface area contributed by atoms with E-state index >= 15 is 0 Å². The highest BCUT2D eigenvalue weighted by atomic mass is 16.5. The van der Waals surface area contributed by atoms with Crippen molar-refractivity contribution >= 4 is 10.9 Å². The lowest BCUT2D eigenvalue weighted by molar-refractivity contribution is -0.0729. The van der Waals surface area contributed by atoms with Crippen LogP contribution in [-0.4, -0.2) is 24.2 Å². The second-order valence-corrected chi connectivity index (χ2v) is 6.45. The number of ether oxygens (including phenoxy) is 1. The molecule has 2 unspecified atom stereocenters. The monoisotopic (exact) mass is 282 g/mol.